The first kappa shape index (κ1) is 9.40. The zero-order chi connectivity index (χ0) is 10.7. The molecule has 0 aliphatic rings. The van der Waals surface area contributed by atoms with E-state index in [-0.39, 0.29) is 0 Å². The van der Waals surface area contributed by atoms with Gasteiger partial charge in [0.1, 0.15) is 5.75 Å². The lowest BCUT2D eigenvalue weighted by molar-refractivity contribution is -0.128. The molecule has 0 atom stereocenters. The van der Waals surface area contributed by atoms with E-state index in [1.54, 1.807) is 18.3 Å². The summed E-state index contributed by atoms with van der Waals surface area (Å²) in [5.41, 5.74) is 0.798. The van der Waals surface area contributed by atoms with Gasteiger partial charge in [-0.3, -0.25) is 4.98 Å². The number of pyridine rings is 1. The summed E-state index contributed by atoms with van der Waals surface area (Å²) in [7, 11) is 0. The van der Waals surface area contributed by atoms with Gasteiger partial charge in [-0.2, -0.15) is 0 Å². The second kappa shape index (κ2) is 3.92. The minimum absolute atomic E-state index is 0.467. The molecule has 1 aromatic heterocycles. The maximum Gasteiger partial charge on any atom is 0.335 e. The van der Waals surface area contributed by atoms with E-state index in [0.29, 0.717) is 5.75 Å². The van der Waals surface area contributed by atoms with Crippen molar-refractivity contribution in [2.45, 2.75) is 0 Å². The van der Waals surface area contributed by atoms with Crippen molar-refractivity contribution in [3.05, 3.63) is 49.2 Å². The molecular weight excluding hydrogens is 190 g/mol. The summed E-state index contributed by atoms with van der Waals surface area (Å²) in [6.45, 7) is 3.33. The van der Waals surface area contributed by atoms with Crippen molar-refractivity contribution < 1.29 is 9.53 Å². The van der Waals surface area contributed by atoms with Crippen molar-refractivity contribution in [1.29, 1.82) is 0 Å². The van der Waals surface area contributed by atoms with E-state index in [9.17, 15) is 4.79 Å². The summed E-state index contributed by atoms with van der Waals surface area (Å²) in [4.78, 5) is 15.1. The van der Waals surface area contributed by atoms with E-state index in [1.165, 1.54) is 0 Å². The molecule has 1 heterocycles. The highest BCUT2D eigenvalue weighted by Crippen LogP contribution is 2.18. The maximum atomic E-state index is 11.0. The van der Waals surface area contributed by atoms with E-state index in [1.807, 2.05) is 18.2 Å². The van der Waals surface area contributed by atoms with Gasteiger partial charge in [0.25, 0.3) is 0 Å². The van der Waals surface area contributed by atoms with Crippen LogP contribution in [-0.2, 0) is 4.79 Å². The summed E-state index contributed by atoms with van der Waals surface area (Å²) in [6, 6.07) is 9.11. The van der Waals surface area contributed by atoms with E-state index in [2.05, 4.69) is 11.6 Å². The fourth-order valence-corrected chi connectivity index (χ4v) is 1.27. The van der Waals surface area contributed by atoms with Crippen LogP contribution in [0.5, 0.6) is 5.75 Å². The van der Waals surface area contributed by atoms with Crippen LogP contribution in [0.2, 0.25) is 0 Å². The van der Waals surface area contributed by atoms with Gasteiger partial charge in [-0.25, -0.2) is 4.79 Å². The Kier molecular flexibility index (Phi) is 2.46. The predicted molar refractivity (Wildman–Crippen MR) is 57.6 cm³/mol. The Balaban J connectivity index is 2.38. The third kappa shape index (κ3) is 2.02. The number of carbonyl (C=O) groups is 1. The average molecular weight is 199 g/mol. The number of esters is 1. The highest BCUT2D eigenvalue weighted by atomic mass is 16.5. The smallest absolute Gasteiger partial charge is 0.335 e. The second-order valence-electron chi connectivity index (χ2n) is 2.98. The maximum absolute atomic E-state index is 11.0. The fraction of sp³-hybridized carbons (Fsp3) is 0. The molecule has 2 rings (SSSR count). The van der Waals surface area contributed by atoms with Crippen LogP contribution in [0.15, 0.2) is 49.2 Å². The average Bonchev–Trinajstić information content (AvgIpc) is 2.29. The molecule has 0 fully saturated rings. The number of aromatic nitrogens is 1. The van der Waals surface area contributed by atoms with Crippen molar-refractivity contribution in [3.63, 3.8) is 0 Å². The summed E-state index contributed by atoms with van der Waals surface area (Å²) in [5, 5.41) is 1.01. The van der Waals surface area contributed by atoms with Crippen molar-refractivity contribution in [3.8, 4) is 5.75 Å². The van der Waals surface area contributed by atoms with Gasteiger partial charge in [0.05, 0.1) is 5.52 Å². The van der Waals surface area contributed by atoms with Gasteiger partial charge >= 0.3 is 5.97 Å². The lowest BCUT2D eigenvalue weighted by atomic mass is 10.2. The fourth-order valence-electron chi connectivity index (χ4n) is 1.27. The molecule has 0 aliphatic carbocycles. The highest BCUT2D eigenvalue weighted by molar-refractivity contribution is 5.85. The highest BCUT2D eigenvalue weighted by Gasteiger charge is 2.01. The van der Waals surface area contributed by atoms with E-state index in [0.717, 1.165) is 17.0 Å². The van der Waals surface area contributed by atoms with Gasteiger partial charge in [-0.05, 0) is 18.2 Å². The zero-order valence-corrected chi connectivity index (χ0v) is 8.01. The summed E-state index contributed by atoms with van der Waals surface area (Å²) in [5.74, 6) is 0.0105. The van der Waals surface area contributed by atoms with Crippen LogP contribution in [0.4, 0.5) is 0 Å². The standard InChI is InChI=1S/C12H9NO2/c1-2-12(14)15-10-6-5-9-4-3-7-13-11(9)8-10/h2-8H,1H2. The quantitative estimate of drug-likeness (QED) is 0.423. The predicted octanol–water partition coefficient (Wildman–Crippen LogP) is 2.33. The molecule has 74 valence electrons. The number of carbonyl (C=O) groups excluding carboxylic acids is 1. The zero-order valence-electron chi connectivity index (χ0n) is 8.01. The van der Waals surface area contributed by atoms with Gasteiger partial charge < -0.3 is 4.74 Å². The Morgan fingerprint density at radius 1 is 1.40 bits per heavy atom. The summed E-state index contributed by atoms with van der Waals surface area (Å²) < 4.78 is 4.97. The minimum Gasteiger partial charge on any atom is -0.423 e. The number of rotatable bonds is 2. The molecule has 0 unspecified atom stereocenters. The van der Waals surface area contributed by atoms with Crippen LogP contribution < -0.4 is 4.74 Å². The summed E-state index contributed by atoms with van der Waals surface area (Å²) >= 11 is 0. The Bertz CT molecular complexity index is 520. The first-order chi connectivity index (χ1) is 7.29. The molecule has 2 aromatic rings. The molecule has 0 saturated carbocycles. The molecule has 0 saturated heterocycles. The Hall–Kier alpha value is -2.16. The SMILES string of the molecule is C=CC(=O)Oc1ccc2cccnc2c1. The third-order valence-corrected chi connectivity index (χ3v) is 1.96. The van der Waals surface area contributed by atoms with Gasteiger partial charge in [0.2, 0.25) is 0 Å². The van der Waals surface area contributed by atoms with Crippen LogP contribution in [0.25, 0.3) is 10.9 Å². The van der Waals surface area contributed by atoms with E-state index in [4.69, 9.17) is 4.74 Å². The molecule has 0 aliphatic heterocycles. The first-order valence-electron chi connectivity index (χ1n) is 4.48. The molecule has 0 N–H and O–H groups in total. The van der Waals surface area contributed by atoms with Crippen LogP contribution in [0, 0.1) is 0 Å². The lowest BCUT2D eigenvalue weighted by Gasteiger charge is -2.02. The number of nitrogens with zero attached hydrogens (tertiary/aromatic N) is 1. The van der Waals surface area contributed by atoms with E-state index >= 15 is 0 Å². The number of fused-ring (bicyclic) bond motifs is 1. The topological polar surface area (TPSA) is 39.2 Å². The van der Waals surface area contributed by atoms with Crippen LogP contribution in [0.3, 0.4) is 0 Å². The van der Waals surface area contributed by atoms with Gasteiger partial charge in [-0.15, -0.1) is 0 Å². The Morgan fingerprint density at radius 2 is 2.27 bits per heavy atom. The van der Waals surface area contributed by atoms with Crippen molar-refractivity contribution >= 4 is 16.9 Å². The molecule has 3 nitrogen and oxygen atoms in total. The molecule has 3 heteroatoms. The molecule has 15 heavy (non-hydrogen) atoms. The minimum atomic E-state index is -0.467. The largest absolute Gasteiger partial charge is 0.423 e. The Morgan fingerprint density at radius 3 is 3.07 bits per heavy atom. The molecule has 1 aromatic carbocycles. The van der Waals surface area contributed by atoms with E-state index < -0.39 is 5.97 Å². The van der Waals surface area contributed by atoms with Gasteiger partial charge in [0, 0.05) is 23.7 Å². The number of hydrogen-bond acceptors (Lipinski definition) is 3. The van der Waals surface area contributed by atoms with Crippen molar-refractivity contribution in [1.82, 2.24) is 4.98 Å². The third-order valence-electron chi connectivity index (χ3n) is 1.96. The normalized spacial score (nSPS) is 9.87. The van der Waals surface area contributed by atoms with Crippen LogP contribution in [-0.4, -0.2) is 11.0 Å². The second-order valence-corrected chi connectivity index (χ2v) is 2.98. The van der Waals surface area contributed by atoms with Gasteiger partial charge in [0.15, 0.2) is 0 Å². The summed E-state index contributed by atoms with van der Waals surface area (Å²) in [6.07, 6.45) is 2.82. The lowest BCUT2D eigenvalue weighted by Crippen LogP contribution is -2.02. The first-order valence-corrected chi connectivity index (χ1v) is 4.48. The van der Waals surface area contributed by atoms with Crippen molar-refractivity contribution in [2.75, 3.05) is 0 Å². The molecule has 0 bridgehead atoms. The van der Waals surface area contributed by atoms with Crippen molar-refractivity contribution in [2.24, 2.45) is 0 Å². The molecule has 0 radical (unpaired) electrons. The molecule has 0 spiro atoms. The number of benzene rings is 1. The molecular formula is C12H9NO2. The van der Waals surface area contributed by atoms with Crippen LogP contribution in [0.1, 0.15) is 0 Å². The Labute approximate surface area is 87.0 Å². The molecule has 0 amide bonds. The number of hydrogen-bond donors (Lipinski definition) is 0. The monoisotopic (exact) mass is 199 g/mol. The number of ether oxygens (including phenoxy) is 1. The van der Waals surface area contributed by atoms with Gasteiger partial charge in [-0.1, -0.05) is 12.6 Å². The van der Waals surface area contributed by atoms with Crippen LogP contribution >= 0.6 is 0 Å².